The summed E-state index contributed by atoms with van der Waals surface area (Å²) < 4.78 is 0. The van der Waals surface area contributed by atoms with Gasteiger partial charge in [-0.05, 0) is 82.6 Å². The number of hydrogen-bond donors (Lipinski definition) is 3. The molecule has 3 rings (SSSR count). The Balaban J connectivity index is 1.89. The predicted octanol–water partition coefficient (Wildman–Crippen LogP) is 7.78. The molecular formula is C29H39NO2. The van der Waals surface area contributed by atoms with E-state index in [2.05, 4.69) is 63.4 Å². The highest BCUT2D eigenvalue weighted by atomic mass is 16.3. The van der Waals surface area contributed by atoms with E-state index in [-0.39, 0.29) is 17.5 Å². The smallest absolute Gasteiger partial charge is 0.128 e. The standard InChI is InChI=1S/C29H39NO2/c1-5-6-7-14-23-19-27(31)24(17-16-21(4)12-10-11-20(2)3)29(32)28(23)26-18-22-13-8-9-15-25(22)30-26/h8-9,11,13,15-16,19,26,30-32H,5-7,10,12,14,17-18H2,1-4H3/b21-16+. The topological polar surface area (TPSA) is 52.5 Å². The lowest BCUT2D eigenvalue weighted by molar-refractivity contribution is 0.431. The van der Waals surface area contributed by atoms with E-state index in [1.807, 2.05) is 12.1 Å². The van der Waals surface area contributed by atoms with Gasteiger partial charge < -0.3 is 15.5 Å². The van der Waals surface area contributed by atoms with Gasteiger partial charge in [0.1, 0.15) is 11.5 Å². The average molecular weight is 434 g/mol. The number of fused-ring (bicyclic) bond motifs is 1. The molecule has 1 atom stereocenters. The molecule has 0 saturated carbocycles. The van der Waals surface area contributed by atoms with Gasteiger partial charge in [-0.2, -0.15) is 0 Å². The molecule has 2 aromatic rings. The summed E-state index contributed by atoms with van der Waals surface area (Å²) in [5.74, 6) is 0.469. The van der Waals surface area contributed by atoms with Gasteiger partial charge in [0.05, 0.1) is 6.04 Å². The van der Waals surface area contributed by atoms with Gasteiger partial charge in [0.25, 0.3) is 0 Å². The minimum atomic E-state index is 0.0334. The molecule has 3 heteroatoms. The summed E-state index contributed by atoms with van der Waals surface area (Å²) in [5, 5.41) is 25.8. The molecule has 0 saturated heterocycles. The first kappa shape index (κ1) is 24.0. The van der Waals surface area contributed by atoms with Gasteiger partial charge in [0.15, 0.2) is 0 Å². The molecule has 0 fully saturated rings. The van der Waals surface area contributed by atoms with Gasteiger partial charge in [-0.15, -0.1) is 0 Å². The summed E-state index contributed by atoms with van der Waals surface area (Å²) in [5.41, 5.74) is 7.69. The predicted molar refractivity (Wildman–Crippen MR) is 136 cm³/mol. The van der Waals surface area contributed by atoms with Crippen molar-refractivity contribution in [2.75, 3.05) is 5.32 Å². The fraction of sp³-hybridized carbons (Fsp3) is 0.448. The van der Waals surface area contributed by atoms with Crippen LogP contribution in [0.3, 0.4) is 0 Å². The Morgan fingerprint density at radius 3 is 2.59 bits per heavy atom. The molecule has 3 N–H and O–H groups in total. The Morgan fingerprint density at radius 1 is 1.09 bits per heavy atom. The lowest BCUT2D eigenvalue weighted by Gasteiger charge is -2.21. The molecule has 0 aliphatic carbocycles. The molecule has 2 aromatic carbocycles. The minimum absolute atomic E-state index is 0.0334. The maximum Gasteiger partial charge on any atom is 0.128 e. The van der Waals surface area contributed by atoms with Crippen LogP contribution in [0.4, 0.5) is 5.69 Å². The Bertz CT molecular complexity index is 958. The molecule has 1 heterocycles. The maximum absolute atomic E-state index is 11.4. The van der Waals surface area contributed by atoms with E-state index in [1.165, 1.54) is 16.7 Å². The third-order valence-electron chi connectivity index (χ3n) is 6.42. The van der Waals surface area contributed by atoms with Crippen molar-refractivity contribution in [2.45, 2.75) is 85.1 Å². The highest BCUT2D eigenvalue weighted by Gasteiger charge is 2.28. The first-order valence-corrected chi connectivity index (χ1v) is 12.1. The highest BCUT2D eigenvalue weighted by Crippen LogP contribution is 2.44. The number of anilines is 1. The number of phenols is 2. The molecule has 3 nitrogen and oxygen atoms in total. The lowest BCUT2D eigenvalue weighted by atomic mass is 9.89. The maximum atomic E-state index is 11.4. The quantitative estimate of drug-likeness (QED) is 0.265. The first-order chi connectivity index (χ1) is 15.4. The van der Waals surface area contributed by atoms with Crippen LogP contribution in [0, 0.1) is 0 Å². The fourth-order valence-electron chi connectivity index (χ4n) is 4.57. The zero-order chi connectivity index (χ0) is 23.1. The fourth-order valence-corrected chi connectivity index (χ4v) is 4.57. The number of hydrogen-bond acceptors (Lipinski definition) is 3. The van der Waals surface area contributed by atoms with Crippen molar-refractivity contribution >= 4 is 5.69 Å². The van der Waals surface area contributed by atoms with E-state index in [9.17, 15) is 10.2 Å². The number of rotatable bonds is 10. The summed E-state index contributed by atoms with van der Waals surface area (Å²) in [4.78, 5) is 0. The molecule has 0 aromatic heterocycles. The first-order valence-electron chi connectivity index (χ1n) is 12.1. The van der Waals surface area contributed by atoms with E-state index in [0.717, 1.165) is 61.8 Å². The Labute approximate surface area is 193 Å². The molecule has 32 heavy (non-hydrogen) atoms. The molecule has 172 valence electrons. The molecule has 1 unspecified atom stereocenters. The van der Waals surface area contributed by atoms with Gasteiger partial charge in [-0.1, -0.05) is 61.3 Å². The van der Waals surface area contributed by atoms with Crippen molar-refractivity contribution in [1.29, 1.82) is 0 Å². The number of allylic oxidation sites excluding steroid dienone is 4. The molecule has 1 aliphatic rings. The number of aryl methyl sites for hydroxylation is 1. The number of benzene rings is 2. The highest BCUT2D eigenvalue weighted by molar-refractivity contribution is 5.63. The van der Waals surface area contributed by atoms with Gasteiger partial charge in [-0.25, -0.2) is 0 Å². The van der Waals surface area contributed by atoms with E-state index < -0.39 is 0 Å². The monoisotopic (exact) mass is 433 g/mol. The van der Waals surface area contributed by atoms with Crippen LogP contribution in [0.25, 0.3) is 0 Å². The second-order valence-electron chi connectivity index (χ2n) is 9.39. The van der Waals surface area contributed by atoms with Crippen LogP contribution in [0.5, 0.6) is 11.5 Å². The average Bonchev–Trinajstić information content (AvgIpc) is 3.17. The van der Waals surface area contributed by atoms with Crippen LogP contribution in [-0.4, -0.2) is 10.2 Å². The number of nitrogens with one attached hydrogen (secondary N) is 1. The summed E-state index contributed by atoms with van der Waals surface area (Å²) in [6, 6.07) is 10.3. The minimum Gasteiger partial charge on any atom is -0.508 e. The third kappa shape index (κ3) is 5.97. The van der Waals surface area contributed by atoms with Crippen LogP contribution in [0.2, 0.25) is 0 Å². The van der Waals surface area contributed by atoms with Crippen LogP contribution >= 0.6 is 0 Å². The van der Waals surface area contributed by atoms with E-state index >= 15 is 0 Å². The molecular weight excluding hydrogens is 394 g/mol. The second-order valence-corrected chi connectivity index (χ2v) is 9.39. The van der Waals surface area contributed by atoms with Gasteiger partial charge in [0, 0.05) is 16.8 Å². The van der Waals surface area contributed by atoms with Crippen molar-refractivity contribution < 1.29 is 10.2 Å². The molecule has 0 spiro atoms. The molecule has 0 bridgehead atoms. The molecule has 0 amide bonds. The summed E-state index contributed by atoms with van der Waals surface area (Å²) >= 11 is 0. The van der Waals surface area contributed by atoms with Crippen molar-refractivity contribution in [2.24, 2.45) is 0 Å². The van der Waals surface area contributed by atoms with Crippen LogP contribution in [0.15, 0.2) is 53.6 Å². The lowest BCUT2D eigenvalue weighted by Crippen LogP contribution is -2.11. The summed E-state index contributed by atoms with van der Waals surface area (Å²) in [6.07, 6.45) is 12.0. The van der Waals surface area contributed by atoms with E-state index in [1.54, 1.807) is 0 Å². The number of unbranched alkanes of at least 4 members (excludes halogenated alkanes) is 2. The second kappa shape index (κ2) is 11.3. The normalized spacial score (nSPS) is 15.4. The van der Waals surface area contributed by atoms with E-state index in [0.29, 0.717) is 12.0 Å². The zero-order valence-electron chi connectivity index (χ0n) is 20.2. The van der Waals surface area contributed by atoms with Crippen molar-refractivity contribution in [1.82, 2.24) is 0 Å². The number of aromatic hydroxyl groups is 2. The Hall–Kier alpha value is -2.68. The Morgan fingerprint density at radius 2 is 1.88 bits per heavy atom. The van der Waals surface area contributed by atoms with Gasteiger partial charge >= 0.3 is 0 Å². The molecule has 0 radical (unpaired) electrons. The van der Waals surface area contributed by atoms with Crippen LogP contribution in [0.1, 0.15) is 88.1 Å². The SMILES string of the molecule is CCCCCc1cc(O)c(C/C=C(\C)CCC=C(C)C)c(O)c1C1Cc2ccccc2N1. The van der Waals surface area contributed by atoms with Gasteiger partial charge in [-0.3, -0.25) is 0 Å². The van der Waals surface area contributed by atoms with Crippen LogP contribution in [-0.2, 0) is 19.3 Å². The van der Waals surface area contributed by atoms with Crippen molar-refractivity contribution in [3.8, 4) is 11.5 Å². The van der Waals surface area contributed by atoms with E-state index in [4.69, 9.17) is 0 Å². The van der Waals surface area contributed by atoms with Gasteiger partial charge in [0.2, 0.25) is 0 Å². The van der Waals surface area contributed by atoms with Crippen molar-refractivity contribution in [3.63, 3.8) is 0 Å². The largest absolute Gasteiger partial charge is 0.508 e. The number of para-hydroxylation sites is 1. The Kier molecular flexibility index (Phi) is 8.44. The van der Waals surface area contributed by atoms with Crippen molar-refractivity contribution in [3.05, 3.63) is 75.9 Å². The number of phenolic OH excluding ortho intramolecular Hbond substituents is 2. The zero-order valence-corrected chi connectivity index (χ0v) is 20.2. The third-order valence-corrected chi connectivity index (χ3v) is 6.42. The summed E-state index contributed by atoms with van der Waals surface area (Å²) in [6.45, 7) is 8.56. The summed E-state index contributed by atoms with van der Waals surface area (Å²) in [7, 11) is 0. The molecule has 1 aliphatic heterocycles. The van der Waals surface area contributed by atoms with Crippen LogP contribution < -0.4 is 5.32 Å².